The van der Waals surface area contributed by atoms with E-state index in [-0.39, 0.29) is 11.9 Å². The summed E-state index contributed by atoms with van der Waals surface area (Å²) in [5, 5.41) is 12.6. The lowest BCUT2D eigenvalue weighted by atomic mass is 9.81. The highest BCUT2D eigenvalue weighted by molar-refractivity contribution is 5.91. The molecular formula is C21H22N2O3. The molecule has 134 valence electrons. The van der Waals surface area contributed by atoms with Crippen molar-refractivity contribution in [1.29, 1.82) is 0 Å². The number of nitrogens with one attached hydrogen (secondary N) is 1. The smallest absolute Gasteiger partial charge is 0.321 e. The standard InChI is InChI=1S/C21H22N2O3/c24-19(25)21-11-5-9-17(21)13-23(14-21)20(26)22-18-10-4-8-16(12-18)15-6-2-1-3-7-15/h1-4,6-8,10,12,17H,5,9,11,13-14H2,(H,22,26)(H,24,25)/t17-,21+/m0/s1. The van der Waals surface area contributed by atoms with Crippen molar-refractivity contribution in [2.75, 3.05) is 18.4 Å². The first kappa shape index (κ1) is 16.6. The number of nitrogens with zero attached hydrogens (tertiary/aromatic N) is 1. The van der Waals surface area contributed by atoms with E-state index in [1.54, 1.807) is 4.90 Å². The van der Waals surface area contributed by atoms with Gasteiger partial charge in [0.05, 0.1) is 5.41 Å². The van der Waals surface area contributed by atoms with Crippen molar-refractivity contribution in [3.8, 4) is 11.1 Å². The maximum atomic E-state index is 12.7. The van der Waals surface area contributed by atoms with Crippen LogP contribution >= 0.6 is 0 Å². The molecule has 2 atom stereocenters. The molecule has 2 aromatic rings. The number of amides is 2. The predicted molar refractivity (Wildman–Crippen MR) is 99.9 cm³/mol. The summed E-state index contributed by atoms with van der Waals surface area (Å²) < 4.78 is 0. The van der Waals surface area contributed by atoms with Gasteiger partial charge in [0.2, 0.25) is 0 Å². The number of carboxylic acids is 1. The molecule has 0 aromatic heterocycles. The van der Waals surface area contributed by atoms with E-state index in [1.807, 2.05) is 54.6 Å². The fourth-order valence-electron chi connectivity index (χ4n) is 4.40. The number of benzene rings is 2. The molecule has 1 aliphatic carbocycles. The number of likely N-dealkylation sites (tertiary alicyclic amines) is 1. The lowest BCUT2D eigenvalue weighted by Gasteiger charge is -2.23. The van der Waals surface area contributed by atoms with Gasteiger partial charge in [-0.1, -0.05) is 48.9 Å². The van der Waals surface area contributed by atoms with Crippen LogP contribution in [0.5, 0.6) is 0 Å². The molecule has 0 radical (unpaired) electrons. The van der Waals surface area contributed by atoms with Crippen molar-refractivity contribution in [3.63, 3.8) is 0 Å². The monoisotopic (exact) mass is 350 g/mol. The van der Waals surface area contributed by atoms with Crippen molar-refractivity contribution in [1.82, 2.24) is 4.90 Å². The number of carbonyl (C=O) groups excluding carboxylic acids is 1. The highest BCUT2D eigenvalue weighted by Gasteiger charge is 2.55. The summed E-state index contributed by atoms with van der Waals surface area (Å²) in [4.78, 5) is 26.1. The number of aliphatic carboxylic acids is 1. The van der Waals surface area contributed by atoms with E-state index in [0.717, 1.165) is 29.7 Å². The second-order valence-corrected chi connectivity index (χ2v) is 7.31. The Morgan fingerprint density at radius 1 is 1.08 bits per heavy atom. The molecule has 1 saturated carbocycles. The summed E-state index contributed by atoms with van der Waals surface area (Å²) in [5.74, 6) is -0.692. The number of fused-ring (bicyclic) bond motifs is 1. The van der Waals surface area contributed by atoms with Gasteiger partial charge >= 0.3 is 12.0 Å². The van der Waals surface area contributed by atoms with Crippen molar-refractivity contribution >= 4 is 17.7 Å². The zero-order chi connectivity index (χ0) is 18.1. The third-order valence-corrected chi connectivity index (χ3v) is 5.80. The maximum Gasteiger partial charge on any atom is 0.321 e. The molecule has 1 aliphatic heterocycles. The van der Waals surface area contributed by atoms with E-state index < -0.39 is 11.4 Å². The molecule has 0 bridgehead atoms. The quantitative estimate of drug-likeness (QED) is 0.876. The first-order valence-corrected chi connectivity index (χ1v) is 9.03. The van der Waals surface area contributed by atoms with Gasteiger partial charge in [0.15, 0.2) is 0 Å². The summed E-state index contributed by atoms with van der Waals surface area (Å²) in [6, 6.07) is 17.5. The Labute approximate surface area is 152 Å². The summed E-state index contributed by atoms with van der Waals surface area (Å²) in [6.07, 6.45) is 2.49. The maximum absolute atomic E-state index is 12.7. The Hall–Kier alpha value is -2.82. The van der Waals surface area contributed by atoms with Gasteiger partial charge < -0.3 is 15.3 Å². The van der Waals surface area contributed by atoms with Crippen molar-refractivity contribution in [2.45, 2.75) is 19.3 Å². The minimum atomic E-state index is -0.763. The average Bonchev–Trinajstić information content (AvgIpc) is 3.21. The molecule has 2 fully saturated rings. The van der Waals surface area contributed by atoms with E-state index in [9.17, 15) is 14.7 Å². The topological polar surface area (TPSA) is 69.6 Å². The molecule has 4 rings (SSSR count). The van der Waals surface area contributed by atoms with E-state index >= 15 is 0 Å². The fourth-order valence-corrected chi connectivity index (χ4v) is 4.40. The number of carbonyl (C=O) groups is 2. The Morgan fingerprint density at radius 2 is 1.85 bits per heavy atom. The van der Waals surface area contributed by atoms with Crippen LogP contribution in [-0.2, 0) is 4.79 Å². The number of urea groups is 1. The van der Waals surface area contributed by atoms with Crippen LogP contribution in [0, 0.1) is 11.3 Å². The Balaban J connectivity index is 1.49. The number of anilines is 1. The molecule has 1 heterocycles. The second-order valence-electron chi connectivity index (χ2n) is 7.31. The SMILES string of the molecule is O=C(Nc1cccc(-c2ccccc2)c1)N1C[C@@H]2CCC[C@@]2(C(=O)O)C1. The van der Waals surface area contributed by atoms with Gasteiger partial charge in [0.25, 0.3) is 0 Å². The summed E-state index contributed by atoms with van der Waals surface area (Å²) >= 11 is 0. The normalized spacial score (nSPS) is 24.3. The average molecular weight is 350 g/mol. The molecule has 2 N–H and O–H groups in total. The van der Waals surface area contributed by atoms with Crippen LogP contribution in [-0.4, -0.2) is 35.1 Å². The predicted octanol–water partition coefficient (Wildman–Crippen LogP) is 4.07. The van der Waals surface area contributed by atoms with Crippen LogP contribution in [0.4, 0.5) is 10.5 Å². The van der Waals surface area contributed by atoms with Crippen LogP contribution < -0.4 is 5.32 Å². The zero-order valence-corrected chi connectivity index (χ0v) is 14.5. The van der Waals surface area contributed by atoms with Gasteiger partial charge in [-0.15, -0.1) is 0 Å². The van der Waals surface area contributed by atoms with Gasteiger partial charge in [-0.05, 0) is 42.0 Å². The summed E-state index contributed by atoms with van der Waals surface area (Å²) in [6.45, 7) is 0.827. The lowest BCUT2D eigenvalue weighted by Crippen LogP contribution is -2.38. The molecule has 26 heavy (non-hydrogen) atoms. The Kier molecular flexibility index (Phi) is 4.15. The fraction of sp³-hybridized carbons (Fsp3) is 0.333. The van der Waals surface area contributed by atoms with Crippen LogP contribution in [0.3, 0.4) is 0 Å². The minimum absolute atomic E-state index is 0.0707. The summed E-state index contributed by atoms with van der Waals surface area (Å²) in [7, 11) is 0. The van der Waals surface area contributed by atoms with Crippen LogP contribution in [0.25, 0.3) is 11.1 Å². The molecule has 2 aliphatic rings. The van der Waals surface area contributed by atoms with E-state index in [2.05, 4.69) is 5.32 Å². The van der Waals surface area contributed by atoms with E-state index in [4.69, 9.17) is 0 Å². The highest BCUT2D eigenvalue weighted by atomic mass is 16.4. The van der Waals surface area contributed by atoms with Gasteiger partial charge in [-0.3, -0.25) is 4.79 Å². The minimum Gasteiger partial charge on any atom is -0.481 e. The van der Waals surface area contributed by atoms with Crippen LogP contribution in [0.2, 0.25) is 0 Å². The molecule has 1 saturated heterocycles. The van der Waals surface area contributed by atoms with Gasteiger partial charge in [-0.25, -0.2) is 4.79 Å². The van der Waals surface area contributed by atoms with E-state index in [0.29, 0.717) is 19.5 Å². The molecular weight excluding hydrogens is 328 g/mol. The van der Waals surface area contributed by atoms with Gasteiger partial charge in [0.1, 0.15) is 0 Å². The lowest BCUT2D eigenvalue weighted by molar-refractivity contribution is -0.149. The third-order valence-electron chi connectivity index (χ3n) is 5.80. The first-order chi connectivity index (χ1) is 12.6. The van der Waals surface area contributed by atoms with Crippen LogP contribution in [0.1, 0.15) is 19.3 Å². The zero-order valence-electron chi connectivity index (χ0n) is 14.5. The molecule has 0 unspecified atom stereocenters. The largest absolute Gasteiger partial charge is 0.481 e. The van der Waals surface area contributed by atoms with E-state index in [1.165, 1.54) is 0 Å². The van der Waals surface area contributed by atoms with Crippen molar-refractivity contribution < 1.29 is 14.7 Å². The molecule has 0 spiro atoms. The molecule has 5 nitrogen and oxygen atoms in total. The third kappa shape index (κ3) is 2.83. The molecule has 2 aromatic carbocycles. The number of hydrogen-bond acceptors (Lipinski definition) is 2. The Morgan fingerprint density at radius 3 is 2.58 bits per heavy atom. The number of hydrogen-bond donors (Lipinski definition) is 2. The molecule has 2 amide bonds. The van der Waals surface area contributed by atoms with Gasteiger partial charge in [0, 0.05) is 18.8 Å². The van der Waals surface area contributed by atoms with Gasteiger partial charge in [-0.2, -0.15) is 0 Å². The Bertz CT molecular complexity index is 836. The summed E-state index contributed by atoms with van der Waals surface area (Å²) in [5.41, 5.74) is 2.09. The van der Waals surface area contributed by atoms with Crippen molar-refractivity contribution in [3.05, 3.63) is 54.6 Å². The number of rotatable bonds is 3. The highest BCUT2D eigenvalue weighted by Crippen LogP contribution is 2.48. The molecule has 5 heteroatoms. The van der Waals surface area contributed by atoms with Crippen LogP contribution in [0.15, 0.2) is 54.6 Å². The number of carboxylic acid groups (broad SMARTS) is 1. The second kappa shape index (κ2) is 6.48. The van der Waals surface area contributed by atoms with Crippen molar-refractivity contribution in [2.24, 2.45) is 11.3 Å². The first-order valence-electron chi connectivity index (χ1n) is 9.03.